The molecule has 0 N–H and O–H groups in total. The van der Waals surface area contributed by atoms with Crippen LogP contribution in [0.5, 0.6) is 0 Å². The Balaban J connectivity index is 0.917. The third-order valence-corrected chi connectivity index (χ3v) is 15.1. The number of hydrogen-bond donors (Lipinski definition) is 0. The van der Waals surface area contributed by atoms with Gasteiger partial charge in [-0.1, -0.05) is 126 Å². The van der Waals surface area contributed by atoms with E-state index >= 15 is 0 Å². The molecule has 304 valence electrons. The Morgan fingerprint density at radius 2 is 1.02 bits per heavy atom. The molecule has 1 atom stereocenters. The van der Waals surface area contributed by atoms with Crippen LogP contribution in [0.25, 0.3) is 5.57 Å². The largest absolute Gasteiger partial charge is 0.874 e. The van der Waals surface area contributed by atoms with E-state index in [0.29, 0.717) is 29.2 Å². The molecule has 4 saturated carbocycles. The van der Waals surface area contributed by atoms with Gasteiger partial charge in [-0.25, -0.2) is 0 Å². The van der Waals surface area contributed by atoms with Gasteiger partial charge in [-0.15, -0.1) is 5.76 Å². The van der Waals surface area contributed by atoms with Gasteiger partial charge in [0, 0.05) is 65.5 Å². The molecule has 4 fully saturated rings. The Labute approximate surface area is 348 Å². The van der Waals surface area contributed by atoms with Crippen LogP contribution in [0.1, 0.15) is 157 Å². The molecule has 0 spiro atoms. The van der Waals surface area contributed by atoms with Crippen molar-refractivity contribution in [1.82, 2.24) is 0 Å². The zero-order valence-electron chi connectivity index (χ0n) is 35.0. The molecule has 6 aliphatic rings. The van der Waals surface area contributed by atoms with Crippen LogP contribution >= 0.6 is 0 Å². The average molecular weight is 775 g/mol. The van der Waals surface area contributed by atoms with Gasteiger partial charge in [0.25, 0.3) is 0 Å². The number of hydrogen-bond acceptors (Lipinski definition) is 3. The molecule has 4 nitrogen and oxygen atoms in total. The Morgan fingerprint density at radius 3 is 1.53 bits per heavy atom. The Hall–Kier alpha value is -4.18. The van der Waals surface area contributed by atoms with Crippen LogP contribution in [0, 0.1) is 23.7 Å². The van der Waals surface area contributed by atoms with E-state index in [1.807, 2.05) is 12.1 Å². The number of nitrogens with zero attached hydrogens (tertiary/aromatic N) is 2. The maximum atomic E-state index is 13.8. The normalized spacial score (nSPS) is 23.9. The summed E-state index contributed by atoms with van der Waals surface area (Å²) in [4.78, 5) is 16.3. The smallest absolute Gasteiger partial charge is 0.205 e. The van der Waals surface area contributed by atoms with Crippen molar-refractivity contribution < 1.29 is 14.5 Å². The number of anilines is 2. The molecule has 3 aromatic rings. The summed E-state index contributed by atoms with van der Waals surface area (Å²) < 4.78 is 2.50. The van der Waals surface area contributed by atoms with E-state index in [9.17, 15) is 9.90 Å². The maximum Gasteiger partial charge on any atom is 0.205 e. The fourth-order valence-corrected chi connectivity index (χ4v) is 11.6. The van der Waals surface area contributed by atoms with E-state index < -0.39 is 5.92 Å². The standard InChI is InChI=1S/C54H66N2O2/c57-53-51(45-25-33-49(34-26-45)55(37-39-13-5-1-6-14-39)47-29-21-43(22-30-47)41-17-9-3-10-18-41)54(58)52(53)46-27-35-50(36-28-46)56(38-40-15-7-2-8-16-40)48-31-23-44(24-32-48)42-19-11-4-12-20-42/h21-36,39-42,45,51H,1-20,37-38H2. The molecule has 0 radical (unpaired) electrons. The van der Waals surface area contributed by atoms with Crippen molar-refractivity contribution in [2.45, 2.75) is 140 Å². The molecule has 4 heteroatoms. The summed E-state index contributed by atoms with van der Waals surface area (Å²) in [6.07, 6.45) is 35.1. The fourth-order valence-electron chi connectivity index (χ4n) is 11.6. The van der Waals surface area contributed by atoms with E-state index in [1.54, 1.807) is 0 Å². The van der Waals surface area contributed by atoms with Gasteiger partial charge in [0.15, 0.2) is 12.3 Å². The first-order valence-corrected chi connectivity index (χ1v) is 23.6. The summed E-state index contributed by atoms with van der Waals surface area (Å²) in [5, 5.41) is 13.8. The van der Waals surface area contributed by atoms with Crippen LogP contribution in [0.2, 0.25) is 0 Å². The van der Waals surface area contributed by atoms with Crippen LogP contribution in [0.4, 0.5) is 17.1 Å². The number of benzene rings is 3. The lowest BCUT2D eigenvalue weighted by molar-refractivity contribution is -0.449. The maximum absolute atomic E-state index is 13.8. The van der Waals surface area contributed by atoms with Crippen molar-refractivity contribution in [3.05, 3.63) is 120 Å². The van der Waals surface area contributed by atoms with E-state index in [0.717, 1.165) is 30.1 Å². The average Bonchev–Trinajstić information content (AvgIpc) is 3.30. The highest BCUT2D eigenvalue weighted by Crippen LogP contribution is 2.43. The second-order valence-electron chi connectivity index (χ2n) is 18.9. The summed E-state index contributed by atoms with van der Waals surface area (Å²) in [6.45, 7) is 2.01. The van der Waals surface area contributed by atoms with Gasteiger partial charge in [0.05, 0.1) is 0 Å². The molecule has 6 aliphatic carbocycles. The van der Waals surface area contributed by atoms with Gasteiger partial charge in [-0.3, -0.25) is 4.79 Å². The van der Waals surface area contributed by atoms with Crippen LogP contribution in [0.3, 0.4) is 0 Å². The van der Waals surface area contributed by atoms with Crippen LogP contribution in [0.15, 0.2) is 103 Å². The number of ketones is 1. The van der Waals surface area contributed by atoms with Gasteiger partial charge in [-0.05, 0) is 110 Å². The van der Waals surface area contributed by atoms with Crippen molar-refractivity contribution in [3.63, 3.8) is 0 Å². The highest BCUT2D eigenvalue weighted by atomic mass is 16.3. The molecule has 3 aromatic carbocycles. The Bertz CT molecular complexity index is 1960. The quantitative estimate of drug-likeness (QED) is 0.182. The summed E-state index contributed by atoms with van der Waals surface area (Å²) in [7, 11) is 0. The minimum Gasteiger partial charge on any atom is -0.874 e. The van der Waals surface area contributed by atoms with Crippen LogP contribution < -0.4 is 10.0 Å². The van der Waals surface area contributed by atoms with Crippen molar-refractivity contribution >= 4 is 34.1 Å². The van der Waals surface area contributed by atoms with Gasteiger partial charge in [-0.2, -0.15) is 4.58 Å². The molecule has 0 amide bonds. The number of carbonyl (C=O) groups excluding carboxylic acids is 1. The zero-order chi connectivity index (χ0) is 39.3. The van der Waals surface area contributed by atoms with Gasteiger partial charge < -0.3 is 10.0 Å². The molecular formula is C54H66N2O2. The topological polar surface area (TPSA) is 46.4 Å². The zero-order valence-corrected chi connectivity index (χ0v) is 35.0. The number of allylic oxidation sites excluding steroid dienone is 6. The van der Waals surface area contributed by atoms with Crippen LogP contribution in [-0.4, -0.2) is 29.2 Å². The van der Waals surface area contributed by atoms with Crippen molar-refractivity contribution in [3.8, 4) is 0 Å². The summed E-state index contributed by atoms with van der Waals surface area (Å²) >= 11 is 0. The molecular weight excluding hydrogens is 709 g/mol. The molecule has 0 heterocycles. The van der Waals surface area contributed by atoms with E-state index in [4.69, 9.17) is 0 Å². The first kappa shape index (κ1) is 39.3. The monoisotopic (exact) mass is 775 g/mol. The summed E-state index contributed by atoms with van der Waals surface area (Å²) in [5.74, 6) is 1.88. The van der Waals surface area contributed by atoms with E-state index in [1.165, 1.54) is 151 Å². The number of Topliss-reactive ketones (excluding diaryl/α,β-unsaturated/α-hetero) is 1. The van der Waals surface area contributed by atoms with Gasteiger partial charge in [0.1, 0.15) is 0 Å². The molecule has 0 saturated heterocycles. The minimum atomic E-state index is -0.629. The third-order valence-electron chi connectivity index (χ3n) is 15.1. The predicted octanol–water partition coefficient (Wildman–Crippen LogP) is 12.9. The highest BCUT2D eigenvalue weighted by Gasteiger charge is 2.39. The SMILES string of the molecule is O=C1C(c2ccc(N(CC3CCCCC3)c3ccc(C4CCCCC4)cc3)cc2)=C([O-])C1C1C=CC(=[N+](CC2CCCCC2)c2ccc(C3CCCCC3)cc2)C=C1. The van der Waals surface area contributed by atoms with Crippen molar-refractivity contribution in [1.29, 1.82) is 0 Å². The third kappa shape index (κ3) is 8.73. The predicted molar refractivity (Wildman–Crippen MR) is 238 cm³/mol. The second kappa shape index (κ2) is 18.4. The highest BCUT2D eigenvalue weighted by molar-refractivity contribution is 6.29. The number of rotatable bonds is 11. The van der Waals surface area contributed by atoms with E-state index in [-0.39, 0.29) is 17.5 Å². The van der Waals surface area contributed by atoms with Crippen molar-refractivity contribution in [2.24, 2.45) is 23.7 Å². The van der Waals surface area contributed by atoms with Crippen molar-refractivity contribution in [2.75, 3.05) is 18.0 Å². The molecule has 9 rings (SSSR count). The first-order chi connectivity index (χ1) is 28.6. The minimum absolute atomic E-state index is 0.0183. The van der Waals surface area contributed by atoms with Crippen LogP contribution in [-0.2, 0) is 4.79 Å². The molecule has 0 bridgehead atoms. The summed E-state index contributed by atoms with van der Waals surface area (Å²) in [5.41, 5.74) is 8.88. The molecule has 0 aliphatic heterocycles. The Kier molecular flexibility index (Phi) is 12.5. The van der Waals surface area contributed by atoms with Gasteiger partial charge >= 0.3 is 0 Å². The lowest BCUT2D eigenvalue weighted by atomic mass is 9.71. The van der Waals surface area contributed by atoms with Gasteiger partial charge in [0.2, 0.25) is 11.4 Å². The molecule has 0 aromatic heterocycles. The molecule has 58 heavy (non-hydrogen) atoms. The van der Waals surface area contributed by atoms with E-state index in [2.05, 4.69) is 94.4 Å². The lowest BCUT2D eigenvalue weighted by Crippen LogP contribution is -2.41. The fraction of sp³-hybridized carbons (Fsp3) is 0.519. The summed E-state index contributed by atoms with van der Waals surface area (Å²) in [6, 6.07) is 27.1. The first-order valence-electron chi connectivity index (χ1n) is 23.6. The molecule has 1 unspecified atom stereocenters. The number of carbonyl (C=O) groups is 1. The lowest BCUT2D eigenvalue weighted by Gasteiger charge is -2.40. The Morgan fingerprint density at radius 1 is 0.552 bits per heavy atom. The second-order valence-corrected chi connectivity index (χ2v) is 18.9.